The first-order valence-electron chi connectivity index (χ1n) is 11.0. The van der Waals surface area contributed by atoms with Gasteiger partial charge in [0.15, 0.2) is 0 Å². The van der Waals surface area contributed by atoms with Crippen LogP contribution < -0.4 is 10.9 Å². The summed E-state index contributed by atoms with van der Waals surface area (Å²) in [5.41, 5.74) is 2.53. The number of likely N-dealkylation sites (N-methyl/N-ethyl adjacent to an activating group) is 1. The van der Waals surface area contributed by atoms with Gasteiger partial charge in [0.25, 0.3) is 5.56 Å². The van der Waals surface area contributed by atoms with Crippen LogP contribution in [0, 0.1) is 25.2 Å². The fourth-order valence-electron chi connectivity index (χ4n) is 3.96. The van der Waals surface area contributed by atoms with E-state index >= 15 is 0 Å². The monoisotopic (exact) mass is 458 g/mol. The molecule has 9 nitrogen and oxygen atoms in total. The maximum atomic E-state index is 13.0. The van der Waals surface area contributed by atoms with Crippen LogP contribution in [-0.4, -0.2) is 38.4 Å². The number of carbonyl (C=O) groups is 1. The van der Waals surface area contributed by atoms with E-state index in [-0.39, 0.29) is 18.0 Å². The molecule has 0 bridgehead atoms. The van der Waals surface area contributed by atoms with Crippen LogP contribution in [-0.2, 0) is 17.9 Å². The molecule has 0 radical (unpaired) electrons. The average Bonchev–Trinajstić information content (AvgIpc) is 3.41. The van der Waals surface area contributed by atoms with Crippen molar-refractivity contribution in [2.45, 2.75) is 33.9 Å². The van der Waals surface area contributed by atoms with Gasteiger partial charge in [0.2, 0.25) is 5.91 Å². The van der Waals surface area contributed by atoms with Gasteiger partial charge in [-0.3, -0.25) is 14.5 Å². The molecule has 0 aliphatic carbocycles. The van der Waals surface area contributed by atoms with Crippen LogP contribution in [0.2, 0.25) is 0 Å². The summed E-state index contributed by atoms with van der Waals surface area (Å²) in [5.74, 6) is 1.40. The quantitative estimate of drug-likeness (QED) is 0.418. The molecule has 34 heavy (non-hydrogen) atoms. The van der Waals surface area contributed by atoms with Crippen molar-refractivity contribution in [1.29, 1.82) is 5.26 Å². The molecule has 0 aliphatic heterocycles. The van der Waals surface area contributed by atoms with E-state index in [1.54, 1.807) is 30.5 Å². The van der Waals surface area contributed by atoms with Crippen LogP contribution in [0.5, 0.6) is 0 Å². The van der Waals surface area contributed by atoms with E-state index in [2.05, 4.69) is 21.4 Å². The summed E-state index contributed by atoms with van der Waals surface area (Å²) in [4.78, 5) is 34.6. The summed E-state index contributed by atoms with van der Waals surface area (Å²) in [7, 11) is 0. The number of hydrogen-bond acceptors (Lipinski definition) is 6. The lowest BCUT2D eigenvalue weighted by Gasteiger charge is -2.20. The molecule has 4 rings (SSSR count). The SMILES string of the molecule is CCN(CC(=O)Nc1c(C#N)c(C)c(C)n1Cc1ccco1)Cc1nc2ccccc2c(=O)[nH]1. The molecule has 2 N–H and O–H groups in total. The number of rotatable bonds is 8. The van der Waals surface area contributed by atoms with Gasteiger partial charge in [-0.1, -0.05) is 19.1 Å². The van der Waals surface area contributed by atoms with Gasteiger partial charge in [-0.05, 0) is 50.2 Å². The summed E-state index contributed by atoms with van der Waals surface area (Å²) < 4.78 is 7.34. The first-order chi connectivity index (χ1) is 16.4. The molecule has 0 fully saturated rings. The Bertz CT molecular complexity index is 1430. The van der Waals surface area contributed by atoms with Gasteiger partial charge in [-0.2, -0.15) is 5.26 Å². The van der Waals surface area contributed by atoms with Crippen LogP contribution in [0.1, 0.15) is 35.3 Å². The third-order valence-electron chi connectivity index (χ3n) is 5.94. The summed E-state index contributed by atoms with van der Waals surface area (Å²) >= 11 is 0. The van der Waals surface area contributed by atoms with E-state index in [1.807, 2.05) is 42.4 Å². The predicted octanol–water partition coefficient (Wildman–Crippen LogP) is 3.32. The van der Waals surface area contributed by atoms with Crippen molar-refractivity contribution in [3.05, 3.63) is 81.4 Å². The zero-order chi connectivity index (χ0) is 24.2. The number of amides is 1. The van der Waals surface area contributed by atoms with Crippen LogP contribution in [0.15, 0.2) is 51.9 Å². The normalized spacial score (nSPS) is 11.1. The van der Waals surface area contributed by atoms with Gasteiger partial charge in [0.1, 0.15) is 23.5 Å². The molecule has 4 aromatic rings. The van der Waals surface area contributed by atoms with Crippen LogP contribution >= 0.6 is 0 Å². The van der Waals surface area contributed by atoms with Gasteiger partial charge in [-0.15, -0.1) is 0 Å². The van der Waals surface area contributed by atoms with Crippen molar-refractivity contribution in [2.24, 2.45) is 0 Å². The highest BCUT2D eigenvalue weighted by molar-refractivity contribution is 5.93. The Morgan fingerprint density at radius 1 is 1.26 bits per heavy atom. The number of furan rings is 1. The Kier molecular flexibility index (Phi) is 6.61. The minimum absolute atomic E-state index is 0.0714. The molecular formula is C25H26N6O3. The molecule has 0 atom stereocenters. The number of benzene rings is 1. The summed E-state index contributed by atoms with van der Waals surface area (Å²) in [6, 6.07) is 13.0. The van der Waals surface area contributed by atoms with Crippen molar-refractivity contribution >= 4 is 22.6 Å². The van der Waals surface area contributed by atoms with E-state index < -0.39 is 0 Å². The maximum absolute atomic E-state index is 13.0. The van der Waals surface area contributed by atoms with Crippen molar-refractivity contribution in [1.82, 2.24) is 19.4 Å². The minimum Gasteiger partial charge on any atom is -0.467 e. The fraction of sp³-hybridized carbons (Fsp3) is 0.280. The van der Waals surface area contributed by atoms with Crippen LogP contribution in [0.4, 0.5) is 5.82 Å². The van der Waals surface area contributed by atoms with Crippen LogP contribution in [0.25, 0.3) is 10.9 Å². The number of carbonyl (C=O) groups excluding carboxylic acids is 1. The zero-order valence-electron chi connectivity index (χ0n) is 19.4. The second-order valence-electron chi connectivity index (χ2n) is 8.09. The third kappa shape index (κ3) is 4.63. The summed E-state index contributed by atoms with van der Waals surface area (Å²) in [6.45, 7) is 7.05. The predicted molar refractivity (Wildman–Crippen MR) is 128 cm³/mol. The topological polar surface area (TPSA) is 120 Å². The van der Waals surface area contributed by atoms with Crippen molar-refractivity contribution in [3.63, 3.8) is 0 Å². The molecular weight excluding hydrogens is 432 g/mol. The fourth-order valence-corrected chi connectivity index (χ4v) is 3.96. The van der Waals surface area contributed by atoms with Crippen molar-refractivity contribution in [3.8, 4) is 6.07 Å². The van der Waals surface area contributed by atoms with E-state index in [1.165, 1.54) is 0 Å². The molecule has 0 unspecified atom stereocenters. The Labute approximate surface area is 196 Å². The summed E-state index contributed by atoms with van der Waals surface area (Å²) in [6.07, 6.45) is 1.59. The van der Waals surface area contributed by atoms with E-state index in [0.29, 0.717) is 47.7 Å². The first-order valence-corrected chi connectivity index (χ1v) is 11.0. The number of anilines is 1. The molecule has 9 heteroatoms. The van der Waals surface area contributed by atoms with E-state index in [0.717, 1.165) is 17.0 Å². The number of H-pyrrole nitrogens is 1. The van der Waals surface area contributed by atoms with Gasteiger partial charge >= 0.3 is 0 Å². The molecule has 3 aromatic heterocycles. The molecule has 0 aliphatic rings. The zero-order valence-corrected chi connectivity index (χ0v) is 19.4. The Morgan fingerprint density at radius 3 is 2.76 bits per heavy atom. The number of fused-ring (bicyclic) bond motifs is 1. The second-order valence-corrected chi connectivity index (χ2v) is 8.09. The molecule has 1 amide bonds. The first kappa shape index (κ1) is 23.0. The number of nitrogens with one attached hydrogen (secondary N) is 2. The Morgan fingerprint density at radius 2 is 2.06 bits per heavy atom. The standard InChI is InChI=1S/C25H26N6O3/c1-4-30(14-22-27-21-10-6-5-9-19(21)25(33)28-22)15-23(32)29-24-20(12-26)16(2)17(3)31(24)13-18-8-7-11-34-18/h5-11H,4,13-15H2,1-3H3,(H,29,32)(H,27,28,33). The molecule has 174 valence electrons. The van der Waals surface area contributed by atoms with Gasteiger partial charge in [0.05, 0.1) is 42.4 Å². The number of hydrogen-bond donors (Lipinski definition) is 2. The highest BCUT2D eigenvalue weighted by Gasteiger charge is 2.21. The van der Waals surface area contributed by atoms with Crippen LogP contribution in [0.3, 0.4) is 0 Å². The Hall–Kier alpha value is -4.16. The van der Waals surface area contributed by atoms with Gasteiger partial charge in [-0.25, -0.2) is 4.98 Å². The highest BCUT2D eigenvalue weighted by atomic mass is 16.3. The number of aromatic amines is 1. The van der Waals surface area contributed by atoms with Crippen molar-refractivity contribution < 1.29 is 9.21 Å². The molecule has 0 saturated heterocycles. The molecule has 3 heterocycles. The minimum atomic E-state index is -0.264. The maximum Gasteiger partial charge on any atom is 0.258 e. The lowest BCUT2D eigenvalue weighted by atomic mass is 10.2. The molecule has 1 aromatic carbocycles. The lowest BCUT2D eigenvalue weighted by Crippen LogP contribution is -2.34. The number of aromatic nitrogens is 3. The number of nitriles is 1. The van der Waals surface area contributed by atoms with E-state index in [4.69, 9.17) is 4.42 Å². The summed E-state index contributed by atoms with van der Waals surface area (Å²) in [5, 5.41) is 13.2. The lowest BCUT2D eigenvalue weighted by molar-refractivity contribution is -0.117. The largest absolute Gasteiger partial charge is 0.467 e. The van der Waals surface area contributed by atoms with Crippen molar-refractivity contribution in [2.75, 3.05) is 18.4 Å². The molecule has 0 spiro atoms. The number of para-hydroxylation sites is 1. The Balaban J connectivity index is 1.53. The van der Waals surface area contributed by atoms with Gasteiger partial charge < -0.3 is 19.3 Å². The highest BCUT2D eigenvalue weighted by Crippen LogP contribution is 2.27. The average molecular weight is 459 g/mol. The van der Waals surface area contributed by atoms with Gasteiger partial charge in [0, 0.05) is 5.69 Å². The smallest absolute Gasteiger partial charge is 0.258 e. The molecule has 0 saturated carbocycles. The third-order valence-corrected chi connectivity index (χ3v) is 5.94. The second kappa shape index (κ2) is 9.77. The van der Waals surface area contributed by atoms with E-state index in [9.17, 15) is 14.9 Å². The number of nitrogens with zero attached hydrogens (tertiary/aromatic N) is 4.